The normalized spacial score (nSPS) is 32.3. The van der Waals surface area contributed by atoms with Crippen LogP contribution in [0.2, 0.25) is 0 Å². The molecular weight excluding hydrogens is 570 g/mol. The van der Waals surface area contributed by atoms with Gasteiger partial charge in [-0.3, -0.25) is 19.4 Å². The second-order valence-electron chi connectivity index (χ2n) is 13.3. The number of benzene rings is 1. The Labute approximate surface area is 256 Å². The Morgan fingerprint density at radius 1 is 0.886 bits per heavy atom. The van der Waals surface area contributed by atoms with Crippen molar-refractivity contribution in [3.8, 4) is 12.1 Å². The fourth-order valence-electron chi connectivity index (χ4n) is 8.64. The van der Waals surface area contributed by atoms with Crippen LogP contribution in [-0.2, 0) is 48.5 Å². The van der Waals surface area contributed by atoms with Crippen LogP contribution in [-0.4, -0.2) is 69.7 Å². The van der Waals surface area contributed by atoms with E-state index in [0.717, 1.165) is 28.4 Å². The Morgan fingerprint density at radius 2 is 1.43 bits per heavy atom. The molecule has 0 unspecified atom stereocenters. The van der Waals surface area contributed by atoms with Crippen molar-refractivity contribution in [3.05, 3.63) is 35.9 Å². The first-order chi connectivity index (χ1) is 20.5. The number of carbonyl (C=O) groups excluding carboxylic acids is 4. The smallest absolute Gasteiger partial charge is 0.336 e. The first-order valence-corrected chi connectivity index (χ1v) is 14.0. The van der Waals surface area contributed by atoms with Gasteiger partial charge in [0.25, 0.3) is 0 Å². The van der Waals surface area contributed by atoms with Gasteiger partial charge < -0.3 is 23.7 Å². The fraction of sp³-hybridized carbons (Fsp3) is 0.594. The third-order valence-corrected chi connectivity index (χ3v) is 9.26. The molecule has 2 aliphatic carbocycles. The summed E-state index contributed by atoms with van der Waals surface area (Å²) in [4.78, 5) is 62.3. The molecule has 0 N–H and O–H groups in total. The van der Waals surface area contributed by atoms with Crippen molar-refractivity contribution in [1.82, 2.24) is 0 Å². The first kappa shape index (κ1) is 32.6. The molecule has 0 radical (unpaired) electrons. The van der Waals surface area contributed by atoms with Gasteiger partial charge in [-0.1, -0.05) is 51.1 Å². The quantitative estimate of drug-likeness (QED) is 0.329. The first-order valence-electron chi connectivity index (χ1n) is 14.0. The van der Waals surface area contributed by atoms with E-state index in [9.17, 15) is 29.7 Å². The highest BCUT2D eigenvalue weighted by Crippen LogP contribution is 2.89. The number of nitrogens with zero attached hydrogens (tertiary/aromatic N) is 3. The van der Waals surface area contributed by atoms with Crippen LogP contribution < -0.4 is 0 Å². The zero-order valence-corrected chi connectivity index (χ0v) is 26.4. The molecule has 5 atom stereocenters. The van der Waals surface area contributed by atoms with Gasteiger partial charge in [-0.25, -0.2) is 4.79 Å². The molecule has 12 heteroatoms. The van der Waals surface area contributed by atoms with Crippen LogP contribution in [0.1, 0.15) is 53.0 Å². The van der Waals surface area contributed by atoms with Crippen LogP contribution in [0.15, 0.2) is 35.3 Å². The topological polar surface area (TPSA) is 174 Å². The molecule has 3 aliphatic rings. The molecular formula is C32H37N3O9. The summed E-state index contributed by atoms with van der Waals surface area (Å²) in [5.41, 5.74) is -13.9. The monoisotopic (exact) mass is 607 g/mol. The second-order valence-corrected chi connectivity index (χ2v) is 13.3. The standard InChI is InChI=1S/C32H37N3O9/c1-26(2,3)15-27(4,5)35-22-30(23(37)41-7)20(21(36)40-6)44-29(19-13-11-10-12-14-19)16-28(17-33,18-34)31(22,24(38)42-8)32(29,30)25(39)43-9/h10-14,20H,15-16H2,1-9H3/t20-,29+,30+,31-,32+/m1/s1. The van der Waals surface area contributed by atoms with E-state index >= 15 is 0 Å². The Hall–Kier alpha value is -4.29. The van der Waals surface area contributed by atoms with E-state index in [-0.39, 0.29) is 11.0 Å². The Kier molecular flexibility index (Phi) is 7.51. The van der Waals surface area contributed by atoms with Gasteiger partial charge in [0.05, 0.1) is 51.8 Å². The number of methoxy groups -OCH3 is 4. The number of ether oxygens (including phenoxy) is 5. The molecule has 0 amide bonds. The number of hydrogen-bond acceptors (Lipinski definition) is 12. The van der Waals surface area contributed by atoms with E-state index in [1.807, 2.05) is 32.9 Å². The van der Waals surface area contributed by atoms with Crippen molar-refractivity contribution in [3.63, 3.8) is 0 Å². The summed E-state index contributed by atoms with van der Waals surface area (Å²) in [6.07, 6.45) is -2.16. The second kappa shape index (κ2) is 10.1. The van der Waals surface area contributed by atoms with Crippen LogP contribution >= 0.6 is 0 Å². The summed E-state index contributed by atoms with van der Waals surface area (Å²) in [5.74, 6) is -4.61. The van der Waals surface area contributed by atoms with E-state index in [2.05, 4.69) is 0 Å². The fourth-order valence-corrected chi connectivity index (χ4v) is 8.64. The number of rotatable bonds is 7. The molecule has 234 valence electrons. The lowest BCUT2D eigenvalue weighted by Crippen LogP contribution is -2.85. The molecule has 1 heterocycles. The highest BCUT2D eigenvalue weighted by atomic mass is 16.6. The molecule has 0 spiro atoms. The molecule has 12 nitrogen and oxygen atoms in total. The minimum atomic E-state index is -2.59. The lowest BCUT2D eigenvalue weighted by molar-refractivity contribution is -0.206. The third-order valence-electron chi connectivity index (χ3n) is 9.26. The zero-order chi connectivity index (χ0) is 33.1. The van der Waals surface area contributed by atoms with E-state index in [4.69, 9.17) is 28.7 Å². The van der Waals surface area contributed by atoms with Crippen LogP contribution in [0.25, 0.3) is 0 Å². The average Bonchev–Trinajstić information content (AvgIpc) is 3.34. The van der Waals surface area contributed by atoms with Gasteiger partial charge in [0.15, 0.2) is 22.3 Å². The number of esters is 4. The molecule has 2 saturated carbocycles. The zero-order valence-electron chi connectivity index (χ0n) is 26.4. The number of nitriles is 2. The SMILES string of the molecule is COC(=O)[C@H]1O[C@]2(c3ccccc3)CC(C#N)(C#N)[C@]3(C(=O)OC)C(=NC(C)(C)CC(C)(C)C)[C@@]1(C(=O)OC)[C@@]32C(=O)OC. The molecule has 1 aromatic rings. The summed E-state index contributed by atoms with van der Waals surface area (Å²) in [7, 11) is 4.19. The summed E-state index contributed by atoms with van der Waals surface area (Å²) < 4.78 is 27.7. The Morgan fingerprint density at radius 3 is 1.89 bits per heavy atom. The van der Waals surface area contributed by atoms with Gasteiger partial charge in [-0.2, -0.15) is 10.5 Å². The maximum Gasteiger partial charge on any atom is 0.336 e. The molecule has 4 rings (SSSR count). The molecule has 0 bridgehead atoms. The minimum absolute atomic E-state index is 0.207. The molecule has 3 fully saturated rings. The van der Waals surface area contributed by atoms with Gasteiger partial charge >= 0.3 is 23.9 Å². The average molecular weight is 608 g/mol. The van der Waals surface area contributed by atoms with Gasteiger partial charge in [0.2, 0.25) is 0 Å². The molecule has 1 aromatic carbocycles. The largest absolute Gasteiger partial charge is 0.468 e. The van der Waals surface area contributed by atoms with Crippen molar-refractivity contribution < 1.29 is 42.9 Å². The van der Waals surface area contributed by atoms with Crippen LogP contribution in [0.5, 0.6) is 0 Å². The van der Waals surface area contributed by atoms with Crippen molar-refractivity contribution in [1.29, 1.82) is 10.5 Å². The van der Waals surface area contributed by atoms with Gasteiger partial charge in [-0.05, 0) is 31.2 Å². The van der Waals surface area contributed by atoms with Crippen molar-refractivity contribution in [2.45, 2.75) is 64.7 Å². The lowest BCUT2D eigenvalue weighted by atomic mass is 9.30. The number of aliphatic imine (C=N–C) groups is 1. The molecule has 44 heavy (non-hydrogen) atoms. The van der Waals surface area contributed by atoms with Gasteiger partial charge in [0, 0.05) is 6.42 Å². The highest BCUT2D eigenvalue weighted by Gasteiger charge is 3.07. The minimum Gasteiger partial charge on any atom is -0.468 e. The highest BCUT2D eigenvalue weighted by molar-refractivity contribution is 6.33. The summed E-state index contributed by atoms with van der Waals surface area (Å²) in [6, 6.07) is 12.0. The van der Waals surface area contributed by atoms with Gasteiger partial charge in [0.1, 0.15) is 11.0 Å². The van der Waals surface area contributed by atoms with E-state index < -0.39 is 74.9 Å². The maximum atomic E-state index is 14.7. The van der Waals surface area contributed by atoms with Crippen molar-refractivity contribution in [2.24, 2.45) is 32.1 Å². The van der Waals surface area contributed by atoms with Gasteiger partial charge in [-0.15, -0.1) is 0 Å². The third kappa shape index (κ3) is 3.43. The molecule has 1 saturated heterocycles. The lowest BCUT2D eigenvalue weighted by Gasteiger charge is -2.64. The van der Waals surface area contributed by atoms with Crippen LogP contribution in [0.3, 0.4) is 0 Å². The Bertz CT molecular complexity index is 1520. The summed E-state index contributed by atoms with van der Waals surface area (Å²) in [5, 5.41) is 21.7. The van der Waals surface area contributed by atoms with Crippen molar-refractivity contribution in [2.75, 3.05) is 28.4 Å². The van der Waals surface area contributed by atoms with Crippen LogP contribution in [0, 0.1) is 49.7 Å². The summed E-state index contributed by atoms with van der Waals surface area (Å²) in [6.45, 7) is 9.36. The number of carbonyl (C=O) groups is 4. The molecule has 0 aromatic heterocycles. The van der Waals surface area contributed by atoms with E-state index in [1.165, 1.54) is 0 Å². The maximum absolute atomic E-state index is 14.7. The van der Waals surface area contributed by atoms with Crippen molar-refractivity contribution >= 4 is 29.6 Å². The summed E-state index contributed by atoms with van der Waals surface area (Å²) >= 11 is 0. The number of hydrogen-bond donors (Lipinski definition) is 0. The predicted molar refractivity (Wildman–Crippen MR) is 152 cm³/mol. The van der Waals surface area contributed by atoms with Crippen LogP contribution in [0.4, 0.5) is 0 Å². The predicted octanol–water partition coefficient (Wildman–Crippen LogP) is 3.04. The van der Waals surface area contributed by atoms with E-state index in [1.54, 1.807) is 44.2 Å². The molecule has 1 aliphatic heterocycles. The Balaban J connectivity index is 2.40. The van der Waals surface area contributed by atoms with E-state index in [0.29, 0.717) is 6.42 Å².